The standard InChI is InChI=1S/C12H17NO3/c1-12(2,3)7-4-5-9(14)8(6-7)10(13)11(15)16/h4-6,10,14H,13H2,1-3H3,(H,15,16)/t10-/m0/s1. The molecule has 0 aliphatic rings. The molecule has 88 valence electrons. The predicted octanol–water partition coefficient (Wildman–Crippen LogP) is 1.77. The highest BCUT2D eigenvalue weighted by molar-refractivity contribution is 5.76. The first kappa shape index (κ1) is 12.5. The second kappa shape index (κ2) is 4.14. The molecule has 1 rings (SSSR count). The third kappa shape index (κ3) is 2.52. The zero-order chi connectivity index (χ0) is 12.5. The van der Waals surface area contributed by atoms with Gasteiger partial charge in [0.05, 0.1) is 0 Å². The fourth-order valence-corrected chi connectivity index (χ4v) is 1.40. The second-order valence-electron chi connectivity index (χ2n) is 4.84. The minimum Gasteiger partial charge on any atom is -0.508 e. The number of carboxylic acid groups (broad SMARTS) is 1. The van der Waals surface area contributed by atoms with Crippen LogP contribution in [0.3, 0.4) is 0 Å². The van der Waals surface area contributed by atoms with Crippen molar-refractivity contribution < 1.29 is 15.0 Å². The third-order valence-electron chi connectivity index (χ3n) is 2.49. The molecule has 0 radical (unpaired) electrons. The Morgan fingerprint density at radius 3 is 2.38 bits per heavy atom. The molecule has 4 N–H and O–H groups in total. The summed E-state index contributed by atoms with van der Waals surface area (Å²) in [7, 11) is 0. The van der Waals surface area contributed by atoms with Crippen LogP contribution in [0.15, 0.2) is 18.2 Å². The van der Waals surface area contributed by atoms with Crippen molar-refractivity contribution in [2.45, 2.75) is 32.2 Å². The van der Waals surface area contributed by atoms with Gasteiger partial charge in [-0.25, -0.2) is 0 Å². The molecule has 0 aliphatic carbocycles. The zero-order valence-corrected chi connectivity index (χ0v) is 9.69. The lowest BCUT2D eigenvalue weighted by Gasteiger charge is -2.21. The van der Waals surface area contributed by atoms with Crippen LogP contribution in [0, 0.1) is 0 Å². The van der Waals surface area contributed by atoms with Crippen molar-refractivity contribution in [3.05, 3.63) is 29.3 Å². The molecule has 0 aliphatic heterocycles. The minimum absolute atomic E-state index is 0.0806. The Morgan fingerprint density at radius 1 is 1.38 bits per heavy atom. The number of carbonyl (C=O) groups is 1. The van der Waals surface area contributed by atoms with Crippen molar-refractivity contribution in [2.75, 3.05) is 0 Å². The van der Waals surface area contributed by atoms with E-state index in [1.54, 1.807) is 12.1 Å². The first-order valence-corrected chi connectivity index (χ1v) is 5.05. The summed E-state index contributed by atoms with van der Waals surface area (Å²) in [5.41, 5.74) is 6.57. The van der Waals surface area contributed by atoms with E-state index in [-0.39, 0.29) is 16.7 Å². The van der Waals surface area contributed by atoms with Crippen LogP contribution in [-0.4, -0.2) is 16.2 Å². The Bertz CT molecular complexity index is 407. The number of aromatic hydroxyl groups is 1. The molecule has 1 aromatic carbocycles. The summed E-state index contributed by atoms with van der Waals surface area (Å²) in [5, 5.41) is 18.4. The molecule has 4 heteroatoms. The van der Waals surface area contributed by atoms with Gasteiger partial charge in [0.25, 0.3) is 0 Å². The Hall–Kier alpha value is -1.55. The SMILES string of the molecule is CC(C)(C)c1ccc(O)c([C@H](N)C(=O)O)c1. The Morgan fingerprint density at radius 2 is 1.94 bits per heavy atom. The first-order chi connectivity index (χ1) is 7.23. The van der Waals surface area contributed by atoms with Crippen LogP contribution in [0.25, 0.3) is 0 Å². The topological polar surface area (TPSA) is 83.5 Å². The van der Waals surface area contributed by atoms with E-state index >= 15 is 0 Å². The molecule has 1 atom stereocenters. The lowest BCUT2D eigenvalue weighted by Crippen LogP contribution is -2.22. The van der Waals surface area contributed by atoms with E-state index in [1.165, 1.54) is 6.07 Å². The molecule has 0 amide bonds. The molecule has 0 saturated heterocycles. The minimum atomic E-state index is -1.19. The molecule has 0 saturated carbocycles. The second-order valence-corrected chi connectivity index (χ2v) is 4.84. The van der Waals surface area contributed by atoms with Crippen LogP contribution in [0.1, 0.15) is 37.9 Å². The quantitative estimate of drug-likeness (QED) is 0.713. The van der Waals surface area contributed by atoms with Gasteiger partial charge in [0.15, 0.2) is 0 Å². The van der Waals surface area contributed by atoms with Gasteiger partial charge in [0.1, 0.15) is 11.8 Å². The maximum atomic E-state index is 10.8. The number of phenolic OH excluding ortho intramolecular Hbond substituents is 1. The summed E-state index contributed by atoms with van der Waals surface area (Å²) in [6.45, 7) is 6.03. The fourth-order valence-electron chi connectivity index (χ4n) is 1.40. The van der Waals surface area contributed by atoms with Crippen molar-refractivity contribution in [2.24, 2.45) is 5.73 Å². The molecule has 4 nitrogen and oxygen atoms in total. The highest BCUT2D eigenvalue weighted by atomic mass is 16.4. The average Bonchev–Trinajstić information content (AvgIpc) is 2.15. The van der Waals surface area contributed by atoms with Gasteiger partial charge in [-0.05, 0) is 23.1 Å². The number of rotatable bonds is 2. The smallest absolute Gasteiger partial charge is 0.325 e. The number of hydrogen-bond donors (Lipinski definition) is 3. The summed E-state index contributed by atoms with van der Waals surface area (Å²) >= 11 is 0. The van der Waals surface area contributed by atoms with Gasteiger partial charge in [0.2, 0.25) is 0 Å². The Balaban J connectivity index is 3.24. The van der Waals surface area contributed by atoms with E-state index in [9.17, 15) is 9.90 Å². The molecule has 0 fully saturated rings. The van der Waals surface area contributed by atoms with Crippen molar-refractivity contribution in [1.29, 1.82) is 0 Å². The van der Waals surface area contributed by atoms with E-state index < -0.39 is 12.0 Å². The Labute approximate surface area is 94.7 Å². The number of hydrogen-bond acceptors (Lipinski definition) is 3. The van der Waals surface area contributed by atoms with Crippen LogP contribution < -0.4 is 5.73 Å². The lowest BCUT2D eigenvalue weighted by molar-refractivity contribution is -0.138. The van der Waals surface area contributed by atoms with E-state index in [1.807, 2.05) is 20.8 Å². The summed E-state index contributed by atoms with van der Waals surface area (Å²) in [5.74, 6) is -1.23. The molecule has 0 heterocycles. The van der Waals surface area contributed by atoms with Gasteiger partial charge < -0.3 is 15.9 Å². The van der Waals surface area contributed by atoms with Crippen LogP contribution in [0.5, 0.6) is 5.75 Å². The predicted molar refractivity (Wildman–Crippen MR) is 61.4 cm³/mol. The van der Waals surface area contributed by atoms with Gasteiger partial charge >= 0.3 is 5.97 Å². The first-order valence-electron chi connectivity index (χ1n) is 5.05. The molecule has 0 unspecified atom stereocenters. The van der Waals surface area contributed by atoms with E-state index in [0.29, 0.717) is 0 Å². The molecular formula is C12H17NO3. The Kier molecular flexibility index (Phi) is 3.24. The van der Waals surface area contributed by atoms with Crippen molar-refractivity contribution >= 4 is 5.97 Å². The van der Waals surface area contributed by atoms with Crippen LogP contribution >= 0.6 is 0 Å². The highest BCUT2D eigenvalue weighted by Crippen LogP contribution is 2.30. The van der Waals surface area contributed by atoms with Crippen LogP contribution in [0.4, 0.5) is 0 Å². The normalized spacial score (nSPS) is 13.5. The van der Waals surface area contributed by atoms with Crippen LogP contribution in [-0.2, 0) is 10.2 Å². The molecule has 0 bridgehead atoms. The van der Waals surface area contributed by atoms with E-state index in [0.717, 1.165) is 5.56 Å². The van der Waals surface area contributed by atoms with Crippen molar-refractivity contribution in [1.82, 2.24) is 0 Å². The maximum Gasteiger partial charge on any atom is 0.325 e. The number of carboxylic acids is 1. The molecule has 1 aromatic rings. The van der Waals surface area contributed by atoms with Crippen molar-refractivity contribution in [3.8, 4) is 5.75 Å². The number of phenols is 1. The summed E-state index contributed by atoms with van der Waals surface area (Å²) in [6, 6.07) is 3.71. The largest absolute Gasteiger partial charge is 0.508 e. The lowest BCUT2D eigenvalue weighted by atomic mass is 9.85. The zero-order valence-electron chi connectivity index (χ0n) is 9.69. The summed E-state index contributed by atoms with van der Waals surface area (Å²) in [6.07, 6.45) is 0. The van der Waals surface area contributed by atoms with E-state index in [2.05, 4.69) is 0 Å². The average molecular weight is 223 g/mol. The van der Waals surface area contributed by atoms with Crippen LogP contribution in [0.2, 0.25) is 0 Å². The number of aliphatic carboxylic acids is 1. The van der Waals surface area contributed by atoms with Crippen molar-refractivity contribution in [3.63, 3.8) is 0 Å². The number of nitrogens with two attached hydrogens (primary N) is 1. The monoisotopic (exact) mass is 223 g/mol. The highest BCUT2D eigenvalue weighted by Gasteiger charge is 2.21. The van der Waals surface area contributed by atoms with Gasteiger partial charge in [-0.3, -0.25) is 4.79 Å². The molecule has 16 heavy (non-hydrogen) atoms. The maximum absolute atomic E-state index is 10.8. The molecular weight excluding hydrogens is 206 g/mol. The molecule has 0 aromatic heterocycles. The van der Waals surface area contributed by atoms with Gasteiger partial charge in [-0.1, -0.05) is 26.8 Å². The summed E-state index contributed by atoms with van der Waals surface area (Å²) < 4.78 is 0. The van der Waals surface area contributed by atoms with Gasteiger partial charge in [-0.15, -0.1) is 0 Å². The summed E-state index contributed by atoms with van der Waals surface area (Å²) in [4.78, 5) is 10.8. The fraction of sp³-hybridized carbons (Fsp3) is 0.417. The third-order valence-corrected chi connectivity index (χ3v) is 2.49. The number of benzene rings is 1. The molecule has 0 spiro atoms. The van der Waals surface area contributed by atoms with Gasteiger partial charge in [0, 0.05) is 5.56 Å². The van der Waals surface area contributed by atoms with E-state index in [4.69, 9.17) is 10.8 Å². The van der Waals surface area contributed by atoms with Gasteiger partial charge in [-0.2, -0.15) is 0 Å².